The van der Waals surface area contributed by atoms with Gasteiger partial charge in [0.05, 0.1) is 23.3 Å². The van der Waals surface area contributed by atoms with Crippen LogP contribution in [-0.2, 0) is 10.5 Å². The second-order valence-electron chi connectivity index (χ2n) is 7.86. The summed E-state index contributed by atoms with van der Waals surface area (Å²) in [5, 5.41) is 2.93. The summed E-state index contributed by atoms with van der Waals surface area (Å²) >= 11 is 1.70. The zero-order valence-corrected chi connectivity index (χ0v) is 18.3. The molecule has 30 heavy (non-hydrogen) atoms. The number of amides is 1. The van der Waals surface area contributed by atoms with Crippen molar-refractivity contribution in [3.63, 3.8) is 0 Å². The molecule has 0 bridgehead atoms. The van der Waals surface area contributed by atoms with Gasteiger partial charge in [-0.2, -0.15) is 0 Å². The summed E-state index contributed by atoms with van der Waals surface area (Å²) in [6.07, 6.45) is 6.66. The predicted octanol–water partition coefficient (Wildman–Crippen LogP) is 6.86. The standard InChI is InChI=1S/C24H29N3O2S/c1-2-13-29-24(28)27-21-14-19-20(26-23(25-19)18-11-7-4-8-12-18)15-22(21)30-16-17-9-5-3-6-10-17/h3,5-6,9-10,14-15,18H,2,4,7-8,11-13,16H2,1H3,(H,25,26)(H,27,28). The van der Waals surface area contributed by atoms with Crippen molar-refractivity contribution in [3.05, 3.63) is 53.9 Å². The molecule has 1 fully saturated rings. The highest BCUT2D eigenvalue weighted by Gasteiger charge is 2.20. The van der Waals surface area contributed by atoms with Crippen LogP contribution in [0.2, 0.25) is 0 Å². The average Bonchev–Trinajstić information content (AvgIpc) is 3.20. The number of carbonyl (C=O) groups excluding carboxylic acids is 1. The first-order chi connectivity index (χ1) is 14.7. The van der Waals surface area contributed by atoms with Crippen LogP contribution >= 0.6 is 11.8 Å². The molecule has 1 aromatic heterocycles. The number of hydrogen-bond acceptors (Lipinski definition) is 4. The Hall–Kier alpha value is -2.47. The predicted molar refractivity (Wildman–Crippen MR) is 123 cm³/mol. The Labute approximate surface area is 182 Å². The minimum absolute atomic E-state index is 0.412. The average molecular weight is 424 g/mol. The number of aromatic amines is 1. The van der Waals surface area contributed by atoms with E-state index in [0.717, 1.165) is 39.6 Å². The van der Waals surface area contributed by atoms with Crippen LogP contribution in [0.3, 0.4) is 0 Å². The number of carbonyl (C=O) groups is 1. The molecule has 6 heteroatoms. The molecule has 1 aliphatic carbocycles. The highest BCUT2D eigenvalue weighted by molar-refractivity contribution is 7.98. The van der Waals surface area contributed by atoms with Gasteiger partial charge in [-0.05, 0) is 37.0 Å². The lowest BCUT2D eigenvalue weighted by Crippen LogP contribution is -2.14. The quantitative estimate of drug-likeness (QED) is 0.407. The van der Waals surface area contributed by atoms with Crippen LogP contribution < -0.4 is 5.32 Å². The molecule has 4 rings (SSSR count). The van der Waals surface area contributed by atoms with Crippen molar-refractivity contribution in [2.45, 2.75) is 62.0 Å². The Morgan fingerprint density at radius 1 is 1.20 bits per heavy atom. The van der Waals surface area contributed by atoms with Gasteiger partial charge in [-0.15, -0.1) is 11.8 Å². The molecule has 1 aliphatic rings. The first-order valence-corrected chi connectivity index (χ1v) is 11.9. The topological polar surface area (TPSA) is 67.0 Å². The maximum Gasteiger partial charge on any atom is 0.411 e. The molecule has 5 nitrogen and oxygen atoms in total. The Balaban J connectivity index is 1.60. The number of aromatic nitrogens is 2. The lowest BCUT2D eigenvalue weighted by atomic mass is 9.89. The monoisotopic (exact) mass is 423 g/mol. The molecule has 0 saturated heterocycles. The van der Waals surface area contributed by atoms with Crippen LogP contribution in [0.1, 0.15) is 62.8 Å². The SMILES string of the molecule is CCCOC(=O)Nc1cc2[nH]c(C3CCCCC3)nc2cc1SCc1ccccc1. The summed E-state index contributed by atoms with van der Waals surface area (Å²) in [4.78, 5) is 21.6. The Morgan fingerprint density at radius 3 is 2.77 bits per heavy atom. The van der Waals surface area contributed by atoms with Crippen molar-refractivity contribution in [1.29, 1.82) is 0 Å². The van der Waals surface area contributed by atoms with Crippen molar-refractivity contribution in [2.75, 3.05) is 11.9 Å². The van der Waals surface area contributed by atoms with Gasteiger partial charge in [0.1, 0.15) is 5.82 Å². The molecule has 1 amide bonds. The van der Waals surface area contributed by atoms with E-state index >= 15 is 0 Å². The molecule has 1 saturated carbocycles. The van der Waals surface area contributed by atoms with Crippen molar-refractivity contribution < 1.29 is 9.53 Å². The molecule has 0 radical (unpaired) electrons. The van der Waals surface area contributed by atoms with Crippen LogP contribution in [0.25, 0.3) is 11.0 Å². The number of ether oxygens (including phenoxy) is 1. The van der Waals surface area contributed by atoms with Crippen LogP contribution in [-0.4, -0.2) is 22.7 Å². The lowest BCUT2D eigenvalue weighted by Gasteiger charge is -2.18. The van der Waals surface area contributed by atoms with E-state index in [-0.39, 0.29) is 0 Å². The van der Waals surface area contributed by atoms with E-state index in [0.29, 0.717) is 12.5 Å². The van der Waals surface area contributed by atoms with Gasteiger partial charge in [-0.25, -0.2) is 9.78 Å². The number of nitrogens with one attached hydrogen (secondary N) is 2. The number of imidazole rings is 1. The Morgan fingerprint density at radius 2 is 2.00 bits per heavy atom. The van der Waals surface area contributed by atoms with Crippen molar-refractivity contribution in [2.24, 2.45) is 0 Å². The summed E-state index contributed by atoms with van der Waals surface area (Å²) in [5.41, 5.74) is 3.93. The van der Waals surface area contributed by atoms with Gasteiger partial charge in [0.25, 0.3) is 0 Å². The Bertz CT molecular complexity index is 981. The van der Waals surface area contributed by atoms with E-state index in [4.69, 9.17) is 9.72 Å². The number of rotatable bonds is 7. The molecule has 0 spiro atoms. The summed E-state index contributed by atoms with van der Waals surface area (Å²) < 4.78 is 5.24. The number of hydrogen-bond donors (Lipinski definition) is 2. The summed E-state index contributed by atoms with van der Waals surface area (Å²) in [7, 11) is 0. The highest BCUT2D eigenvalue weighted by Crippen LogP contribution is 2.36. The van der Waals surface area contributed by atoms with Gasteiger partial charge in [0.2, 0.25) is 0 Å². The van der Waals surface area contributed by atoms with E-state index in [2.05, 4.69) is 28.5 Å². The minimum atomic E-state index is -0.412. The maximum atomic E-state index is 12.2. The number of benzene rings is 2. The van der Waals surface area contributed by atoms with E-state index in [1.54, 1.807) is 11.8 Å². The van der Waals surface area contributed by atoms with Crippen LogP contribution in [0, 0.1) is 0 Å². The summed E-state index contributed by atoms with van der Waals surface area (Å²) in [5.74, 6) is 2.41. The van der Waals surface area contributed by atoms with Gasteiger partial charge in [-0.1, -0.05) is 56.5 Å². The van der Waals surface area contributed by atoms with Crippen molar-refractivity contribution in [1.82, 2.24) is 9.97 Å². The lowest BCUT2D eigenvalue weighted by molar-refractivity contribution is 0.161. The molecular formula is C24H29N3O2S. The van der Waals surface area contributed by atoms with Crippen molar-refractivity contribution >= 4 is 34.6 Å². The smallest absolute Gasteiger partial charge is 0.411 e. The largest absolute Gasteiger partial charge is 0.449 e. The van der Waals surface area contributed by atoms with Gasteiger partial charge in [-0.3, -0.25) is 5.32 Å². The number of nitrogens with zero attached hydrogens (tertiary/aromatic N) is 1. The molecule has 2 N–H and O–H groups in total. The highest BCUT2D eigenvalue weighted by atomic mass is 32.2. The van der Waals surface area contributed by atoms with E-state index in [1.807, 2.05) is 31.2 Å². The second kappa shape index (κ2) is 10.0. The number of fused-ring (bicyclic) bond motifs is 1. The molecule has 0 aliphatic heterocycles. The van der Waals surface area contributed by atoms with Crippen molar-refractivity contribution in [3.8, 4) is 0 Å². The third kappa shape index (κ3) is 5.17. The molecule has 2 aromatic carbocycles. The normalized spacial score (nSPS) is 14.7. The zero-order valence-electron chi connectivity index (χ0n) is 17.4. The van der Waals surface area contributed by atoms with Crippen LogP contribution in [0.4, 0.5) is 10.5 Å². The number of H-pyrrole nitrogens is 1. The third-order valence-corrected chi connectivity index (χ3v) is 6.63. The zero-order chi connectivity index (χ0) is 20.8. The Kier molecular flexibility index (Phi) is 6.95. The van der Waals surface area contributed by atoms with Crippen LogP contribution in [0.15, 0.2) is 47.4 Å². The number of anilines is 1. The molecule has 3 aromatic rings. The fourth-order valence-electron chi connectivity index (χ4n) is 3.92. The third-order valence-electron chi connectivity index (χ3n) is 5.50. The van der Waals surface area contributed by atoms with E-state index in [1.165, 1.54) is 37.7 Å². The van der Waals surface area contributed by atoms with Crippen LogP contribution in [0.5, 0.6) is 0 Å². The van der Waals surface area contributed by atoms with Gasteiger partial charge in [0.15, 0.2) is 0 Å². The second-order valence-corrected chi connectivity index (χ2v) is 8.87. The van der Waals surface area contributed by atoms with Gasteiger partial charge in [0, 0.05) is 16.6 Å². The summed E-state index contributed by atoms with van der Waals surface area (Å²) in [6.45, 7) is 2.40. The van der Waals surface area contributed by atoms with Gasteiger partial charge >= 0.3 is 6.09 Å². The first-order valence-electron chi connectivity index (χ1n) is 10.9. The summed E-state index contributed by atoms with van der Waals surface area (Å²) in [6, 6.07) is 14.4. The molecule has 1 heterocycles. The van der Waals surface area contributed by atoms with E-state index in [9.17, 15) is 4.79 Å². The number of thioether (sulfide) groups is 1. The molecular weight excluding hydrogens is 394 g/mol. The first kappa shape index (κ1) is 20.8. The molecule has 158 valence electrons. The van der Waals surface area contributed by atoms with E-state index < -0.39 is 6.09 Å². The van der Waals surface area contributed by atoms with Gasteiger partial charge < -0.3 is 9.72 Å². The maximum absolute atomic E-state index is 12.2. The fourth-order valence-corrected chi connectivity index (χ4v) is 4.90. The fraction of sp³-hybridized carbons (Fsp3) is 0.417. The molecule has 0 unspecified atom stereocenters. The minimum Gasteiger partial charge on any atom is -0.449 e. The molecule has 0 atom stereocenters.